The third-order valence-electron chi connectivity index (χ3n) is 0.0745. The molecule has 0 amide bonds. The quantitative estimate of drug-likeness (QED) is 0.193. The molecule has 0 aliphatic rings. The second kappa shape index (κ2) is 29.2. The van der Waals surface area contributed by atoms with Crippen LogP contribution in [0.3, 0.4) is 0 Å². The average molecular weight is 132 g/mol. The first-order chi connectivity index (χ1) is 3.33. The van der Waals surface area contributed by atoms with Gasteiger partial charge in [-0.05, 0) is 0 Å². The van der Waals surface area contributed by atoms with E-state index < -0.39 is 0 Å². The predicted molar refractivity (Wildman–Crippen MR) is 27.6 cm³/mol. The van der Waals surface area contributed by atoms with Crippen LogP contribution in [0.25, 0.3) is 0 Å². The zero-order valence-corrected chi connectivity index (χ0v) is 3.58. The first-order valence-corrected chi connectivity index (χ1v) is 1.18. The van der Waals surface area contributed by atoms with Gasteiger partial charge in [-0.25, -0.2) is 0 Å². The molecule has 7 heteroatoms. The molecule has 0 atom stereocenters. The van der Waals surface area contributed by atoms with Gasteiger partial charge in [0, 0.05) is 5.34 Å². The average Bonchev–Trinajstić information content (AvgIpc) is 1.69. The normalized spacial score (nSPS) is 4.12. The zero-order chi connectivity index (χ0) is 6.12. The van der Waals surface area contributed by atoms with Gasteiger partial charge in [0.15, 0.2) is 5.34 Å². The monoisotopic (exact) mass is 132 g/mol. The van der Waals surface area contributed by atoms with Crippen LogP contribution < -0.4 is 5.34 Å². The third-order valence-corrected chi connectivity index (χ3v) is 0.0745. The van der Waals surface area contributed by atoms with Crippen molar-refractivity contribution in [3.63, 3.8) is 0 Å². The van der Waals surface area contributed by atoms with Crippen LogP contribution in [-0.2, 0) is 4.84 Å². The Morgan fingerprint density at radius 3 is 1.88 bits per heavy atom. The molecule has 0 aliphatic heterocycles. The van der Waals surface area contributed by atoms with Gasteiger partial charge in [-0.15, -0.1) is 4.91 Å². The molecule has 0 saturated carbocycles. The van der Waals surface area contributed by atoms with Crippen molar-refractivity contribution in [2.45, 2.75) is 0 Å². The summed E-state index contributed by atoms with van der Waals surface area (Å²) in [6.45, 7) is 0. The number of nitrogens with zero attached hydrogens (tertiary/aromatic N) is 1. The summed E-state index contributed by atoms with van der Waals surface area (Å²) in [7, 11) is 1.20. The number of nitrogens with one attached hydrogen (secondary N) is 1. The number of hydrogen-bond acceptors (Lipinski definition) is 5. The molecular formula is CH5N2NaO4. The molecule has 0 fully saturated rings. The molecule has 0 aliphatic carbocycles. The van der Waals surface area contributed by atoms with E-state index in [1.54, 1.807) is 0 Å². The molecule has 0 unspecified atom stereocenters. The van der Waals surface area contributed by atoms with Crippen molar-refractivity contribution in [2.24, 2.45) is 5.34 Å². The zero-order valence-electron chi connectivity index (χ0n) is 3.58. The molecule has 0 spiro atoms. The molecule has 0 radical (unpaired) electrons. The molecule has 44 valence electrons. The van der Waals surface area contributed by atoms with Crippen LogP contribution >= 0.6 is 0 Å². The van der Waals surface area contributed by atoms with Gasteiger partial charge in [0.25, 0.3) is 0 Å². The Morgan fingerprint density at radius 2 is 1.88 bits per heavy atom. The van der Waals surface area contributed by atoms with Gasteiger partial charge >= 0.3 is 29.6 Å². The summed E-state index contributed by atoms with van der Waals surface area (Å²) < 4.78 is 0. The van der Waals surface area contributed by atoms with Gasteiger partial charge in [0.1, 0.15) is 7.11 Å². The molecular weight excluding hydrogens is 127 g/mol. The fourth-order valence-electron chi connectivity index (χ4n) is 0. The van der Waals surface area contributed by atoms with Crippen molar-refractivity contribution in [2.75, 3.05) is 7.11 Å². The molecule has 0 rings (SSSR count). The molecule has 1 N–H and O–H groups in total. The predicted octanol–water partition coefficient (Wildman–Crippen LogP) is -2.00. The Hall–Kier alpha value is -0.200. The van der Waals surface area contributed by atoms with E-state index in [0.29, 0.717) is 0 Å². The Morgan fingerprint density at radius 1 is 1.75 bits per heavy atom. The molecule has 0 aromatic heterocycles. The summed E-state index contributed by atoms with van der Waals surface area (Å²) in [6.07, 6.45) is 0. The summed E-state index contributed by atoms with van der Waals surface area (Å²) in [5.74, 6) is 0. The Kier molecular flexibility index (Phi) is 57.1. The van der Waals surface area contributed by atoms with E-state index in [2.05, 4.69) is 4.84 Å². The minimum atomic E-state index is 0. The molecule has 0 heterocycles. The van der Waals surface area contributed by atoms with E-state index in [1.165, 1.54) is 7.11 Å². The van der Waals surface area contributed by atoms with Gasteiger partial charge < -0.3 is 4.84 Å². The van der Waals surface area contributed by atoms with Crippen LogP contribution in [0.2, 0.25) is 0 Å². The standard InChI is InChI=1S/CH3NO2.HNO2.Na.H/c1-4-2-3;2-1-3;;/h1H3;1H;;. The van der Waals surface area contributed by atoms with E-state index in [0.717, 1.165) is 0 Å². The third kappa shape index (κ3) is 209. The Labute approximate surface area is 67.4 Å². The van der Waals surface area contributed by atoms with Gasteiger partial charge in [-0.3, -0.25) is 10.1 Å². The van der Waals surface area contributed by atoms with E-state index in [9.17, 15) is 0 Å². The SMILES string of the molecule is CON=O.O=[NH+][O-].[NaH]. The van der Waals surface area contributed by atoms with Crippen LogP contribution in [0.4, 0.5) is 0 Å². The summed E-state index contributed by atoms with van der Waals surface area (Å²) in [5.41, 5.74) is 0. The van der Waals surface area contributed by atoms with Crippen molar-refractivity contribution in [1.82, 2.24) is 0 Å². The summed E-state index contributed by atoms with van der Waals surface area (Å²) in [5, 5.41) is 10.4. The van der Waals surface area contributed by atoms with Crippen LogP contribution in [0, 0.1) is 15.0 Å². The molecule has 6 nitrogen and oxygen atoms in total. The van der Waals surface area contributed by atoms with E-state index >= 15 is 0 Å². The fraction of sp³-hybridized carbons (Fsp3) is 1.00. The van der Waals surface area contributed by atoms with Gasteiger partial charge in [-0.1, -0.05) is 0 Å². The van der Waals surface area contributed by atoms with Crippen molar-refractivity contribution in [3.8, 4) is 0 Å². The summed E-state index contributed by atoms with van der Waals surface area (Å²) >= 11 is 0. The van der Waals surface area contributed by atoms with E-state index in [4.69, 9.17) is 15.0 Å². The second-order valence-electron chi connectivity index (χ2n) is 0.340. The van der Waals surface area contributed by atoms with Gasteiger partial charge in [-0.2, -0.15) is 0 Å². The Bertz CT molecular complexity index is 49.3. The van der Waals surface area contributed by atoms with Crippen molar-refractivity contribution in [3.05, 3.63) is 15.0 Å². The van der Waals surface area contributed by atoms with Gasteiger partial charge in [0.05, 0.1) is 0 Å². The molecule has 0 bridgehead atoms. The topological polar surface area (TPSA) is 92.8 Å². The van der Waals surface area contributed by atoms with Crippen LogP contribution in [0.15, 0.2) is 5.34 Å². The maximum atomic E-state index is 8.70. The fourth-order valence-corrected chi connectivity index (χ4v) is 0. The molecule has 0 saturated heterocycles. The summed E-state index contributed by atoms with van der Waals surface area (Å²) in [6, 6.07) is 0. The van der Waals surface area contributed by atoms with Gasteiger partial charge in [0.2, 0.25) is 0 Å². The molecule has 0 aromatic carbocycles. The first-order valence-electron chi connectivity index (χ1n) is 1.18. The molecule has 8 heavy (non-hydrogen) atoms. The van der Waals surface area contributed by atoms with Crippen LogP contribution in [0.1, 0.15) is 0 Å². The van der Waals surface area contributed by atoms with Crippen molar-refractivity contribution >= 4 is 29.6 Å². The first kappa shape index (κ1) is 15.7. The van der Waals surface area contributed by atoms with Crippen LogP contribution in [0.5, 0.6) is 0 Å². The molecule has 0 aromatic rings. The Balaban J connectivity index is -0.0000000575. The van der Waals surface area contributed by atoms with Crippen molar-refractivity contribution < 1.29 is 10.2 Å². The number of hydrogen-bond donors (Lipinski definition) is 1. The summed E-state index contributed by atoms with van der Waals surface area (Å²) in [4.78, 5) is 20.4. The van der Waals surface area contributed by atoms with Crippen LogP contribution in [-0.4, -0.2) is 36.7 Å². The number of rotatable bonds is 1. The van der Waals surface area contributed by atoms with E-state index in [-0.39, 0.29) is 34.9 Å². The minimum absolute atomic E-state index is 0. The van der Waals surface area contributed by atoms with Crippen molar-refractivity contribution in [1.29, 1.82) is 0 Å². The maximum absolute atomic E-state index is 8.70. The second-order valence-corrected chi connectivity index (χ2v) is 0.340. The van der Waals surface area contributed by atoms with E-state index in [1.807, 2.05) is 5.34 Å².